The first-order valence-corrected chi connectivity index (χ1v) is 7.47. The van der Waals surface area contributed by atoms with Crippen LogP contribution in [0.1, 0.15) is 21.7 Å². The Kier molecular flexibility index (Phi) is 4.06. The molecule has 2 aromatic carbocycles. The van der Waals surface area contributed by atoms with Crippen LogP contribution in [0.15, 0.2) is 53.0 Å². The zero-order valence-corrected chi connectivity index (χ0v) is 13.3. The lowest BCUT2D eigenvalue weighted by atomic mass is 10.1. The van der Waals surface area contributed by atoms with Crippen molar-refractivity contribution in [3.05, 3.63) is 75.5 Å². The summed E-state index contributed by atoms with van der Waals surface area (Å²) in [5.74, 6) is 0.155. The molecule has 0 aliphatic heterocycles. The molecule has 110 valence electrons. The van der Waals surface area contributed by atoms with Gasteiger partial charge in [-0.05, 0) is 48.9 Å². The predicted octanol–water partition coefficient (Wildman–Crippen LogP) is 5.94. The normalized spacial score (nSPS) is 11.4. The van der Waals surface area contributed by atoms with Gasteiger partial charge in [-0.25, -0.2) is 0 Å². The third-order valence-corrected chi connectivity index (χ3v) is 3.91. The Morgan fingerprint density at radius 3 is 2.45 bits per heavy atom. The molecule has 0 saturated heterocycles. The van der Waals surface area contributed by atoms with Gasteiger partial charge in [0.1, 0.15) is 5.58 Å². The maximum Gasteiger partial charge on any atom is 0.221 e. The second kappa shape index (κ2) is 5.99. The van der Waals surface area contributed by atoms with Crippen molar-refractivity contribution in [2.75, 3.05) is 0 Å². The van der Waals surface area contributed by atoms with Crippen LogP contribution >= 0.6 is 23.2 Å². The van der Waals surface area contributed by atoms with Gasteiger partial charge >= 0.3 is 0 Å². The average Bonchev–Trinajstić information content (AvgIpc) is 2.83. The monoisotopic (exact) mass is 330 g/mol. The number of halogens is 2. The van der Waals surface area contributed by atoms with Crippen LogP contribution in [0.4, 0.5) is 0 Å². The molecule has 0 radical (unpaired) electrons. The molecule has 0 aliphatic rings. The van der Waals surface area contributed by atoms with Crippen LogP contribution in [0.25, 0.3) is 17.0 Å². The summed E-state index contributed by atoms with van der Waals surface area (Å²) in [6.07, 6.45) is 3.23. The number of carbonyl (C=O) groups excluding carboxylic acids is 1. The van der Waals surface area contributed by atoms with Gasteiger partial charge in [-0.15, -0.1) is 0 Å². The Morgan fingerprint density at radius 1 is 1.05 bits per heavy atom. The van der Waals surface area contributed by atoms with Crippen molar-refractivity contribution in [1.82, 2.24) is 0 Å². The Bertz CT molecular complexity index is 874. The van der Waals surface area contributed by atoms with Crippen LogP contribution in [-0.4, -0.2) is 5.78 Å². The number of benzene rings is 2. The highest BCUT2D eigenvalue weighted by Gasteiger charge is 2.15. The summed E-state index contributed by atoms with van der Waals surface area (Å²) in [6.45, 7) is 1.85. The Balaban J connectivity index is 1.92. The molecule has 0 unspecified atom stereocenters. The smallest absolute Gasteiger partial charge is 0.221 e. The second-order valence-corrected chi connectivity index (χ2v) is 5.82. The molecule has 0 N–H and O–H groups in total. The van der Waals surface area contributed by atoms with E-state index in [1.165, 1.54) is 6.08 Å². The van der Waals surface area contributed by atoms with Gasteiger partial charge in [0.15, 0.2) is 5.76 Å². The van der Waals surface area contributed by atoms with Gasteiger partial charge in [-0.2, -0.15) is 0 Å². The van der Waals surface area contributed by atoms with E-state index in [4.69, 9.17) is 27.6 Å². The fourth-order valence-electron chi connectivity index (χ4n) is 2.25. The lowest BCUT2D eigenvalue weighted by molar-refractivity contribution is 0.102. The fraction of sp³-hybridized carbons (Fsp3) is 0.0556. The highest BCUT2D eigenvalue weighted by atomic mass is 35.5. The number of rotatable bonds is 3. The maximum atomic E-state index is 12.3. The molecule has 3 rings (SSSR count). The van der Waals surface area contributed by atoms with E-state index in [1.54, 1.807) is 36.4 Å². The van der Waals surface area contributed by atoms with Crippen molar-refractivity contribution in [3.63, 3.8) is 0 Å². The molecule has 4 heteroatoms. The summed E-state index contributed by atoms with van der Waals surface area (Å²) >= 11 is 11.8. The first kappa shape index (κ1) is 14.9. The molecular weight excluding hydrogens is 319 g/mol. The summed E-state index contributed by atoms with van der Waals surface area (Å²) in [5, 5.41) is 2.14. The zero-order valence-electron chi connectivity index (χ0n) is 11.8. The predicted molar refractivity (Wildman–Crippen MR) is 90.8 cm³/mol. The van der Waals surface area contributed by atoms with Gasteiger partial charge in [-0.3, -0.25) is 4.79 Å². The molecule has 0 amide bonds. The Morgan fingerprint density at radius 2 is 1.73 bits per heavy atom. The number of allylic oxidation sites excluding steroid dienone is 1. The minimum Gasteiger partial charge on any atom is -0.452 e. The molecule has 0 spiro atoms. The number of aryl methyl sites for hydroxylation is 1. The molecule has 1 aromatic heterocycles. The maximum absolute atomic E-state index is 12.3. The highest BCUT2D eigenvalue weighted by Crippen LogP contribution is 2.28. The van der Waals surface area contributed by atoms with Crippen LogP contribution in [-0.2, 0) is 0 Å². The quantitative estimate of drug-likeness (QED) is 0.439. The van der Waals surface area contributed by atoms with E-state index >= 15 is 0 Å². The summed E-state index contributed by atoms with van der Waals surface area (Å²) in [6, 6.07) is 12.6. The molecule has 3 aromatic rings. The zero-order chi connectivity index (χ0) is 15.7. The fourth-order valence-corrected chi connectivity index (χ4v) is 2.55. The first-order valence-electron chi connectivity index (χ1n) is 6.71. The van der Waals surface area contributed by atoms with Crippen LogP contribution < -0.4 is 0 Å². The van der Waals surface area contributed by atoms with Crippen LogP contribution in [0.5, 0.6) is 0 Å². The molecule has 2 nitrogen and oxygen atoms in total. The minimum absolute atomic E-state index is 0.181. The van der Waals surface area contributed by atoms with Crippen molar-refractivity contribution in [2.45, 2.75) is 6.92 Å². The van der Waals surface area contributed by atoms with E-state index in [9.17, 15) is 4.79 Å². The molecular formula is C18H12Cl2O2. The number of hydrogen-bond acceptors (Lipinski definition) is 2. The molecule has 1 heterocycles. The minimum atomic E-state index is -0.181. The van der Waals surface area contributed by atoms with E-state index in [-0.39, 0.29) is 5.78 Å². The number of hydrogen-bond donors (Lipinski definition) is 0. The summed E-state index contributed by atoms with van der Waals surface area (Å²) in [7, 11) is 0. The van der Waals surface area contributed by atoms with E-state index < -0.39 is 0 Å². The third-order valence-electron chi connectivity index (χ3n) is 3.42. The van der Waals surface area contributed by atoms with Crippen LogP contribution in [0.2, 0.25) is 10.0 Å². The standard InChI is InChI=1S/C18H12Cl2O2/c1-11-15-10-14(20)7-9-17(15)22-18(11)16(21)8-4-12-2-5-13(19)6-3-12/h2-10H,1H3. The lowest BCUT2D eigenvalue weighted by Crippen LogP contribution is -1.93. The number of fused-ring (bicyclic) bond motifs is 1. The number of furan rings is 1. The molecule has 0 saturated carbocycles. The van der Waals surface area contributed by atoms with Gasteiger partial charge < -0.3 is 4.42 Å². The second-order valence-electron chi connectivity index (χ2n) is 4.95. The molecule has 0 fully saturated rings. The molecule has 0 aliphatic carbocycles. The van der Waals surface area contributed by atoms with Crippen LogP contribution in [0.3, 0.4) is 0 Å². The van der Waals surface area contributed by atoms with Gasteiger partial charge in [-0.1, -0.05) is 41.4 Å². The van der Waals surface area contributed by atoms with Gasteiger partial charge in [0.2, 0.25) is 5.78 Å². The SMILES string of the molecule is Cc1c(C(=O)C=Cc2ccc(Cl)cc2)oc2ccc(Cl)cc12. The summed E-state index contributed by atoms with van der Waals surface area (Å²) < 4.78 is 5.64. The first-order chi connectivity index (χ1) is 10.5. The Labute approximate surface area is 138 Å². The largest absolute Gasteiger partial charge is 0.452 e. The lowest BCUT2D eigenvalue weighted by Gasteiger charge is -1.94. The number of ketones is 1. The third kappa shape index (κ3) is 2.94. The van der Waals surface area contributed by atoms with Gasteiger partial charge in [0.05, 0.1) is 0 Å². The van der Waals surface area contributed by atoms with E-state index in [0.717, 1.165) is 16.5 Å². The summed E-state index contributed by atoms with van der Waals surface area (Å²) in [5.41, 5.74) is 2.35. The van der Waals surface area contributed by atoms with Crippen molar-refractivity contribution in [1.29, 1.82) is 0 Å². The van der Waals surface area contributed by atoms with E-state index in [2.05, 4.69) is 0 Å². The van der Waals surface area contributed by atoms with Gasteiger partial charge in [0, 0.05) is 21.0 Å². The topological polar surface area (TPSA) is 30.2 Å². The van der Waals surface area contributed by atoms with Crippen molar-refractivity contribution in [3.8, 4) is 0 Å². The molecule has 0 bridgehead atoms. The summed E-state index contributed by atoms with van der Waals surface area (Å²) in [4.78, 5) is 12.3. The average molecular weight is 331 g/mol. The van der Waals surface area contributed by atoms with Crippen molar-refractivity contribution < 1.29 is 9.21 Å². The number of carbonyl (C=O) groups is 1. The van der Waals surface area contributed by atoms with Crippen molar-refractivity contribution in [2.24, 2.45) is 0 Å². The van der Waals surface area contributed by atoms with E-state index in [0.29, 0.717) is 21.4 Å². The highest BCUT2D eigenvalue weighted by molar-refractivity contribution is 6.31. The van der Waals surface area contributed by atoms with Crippen LogP contribution in [0, 0.1) is 6.92 Å². The van der Waals surface area contributed by atoms with E-state index in [1.807, 2.05) is 19.1 Å². The van der Waals surface area contributed by atoms with Crippen molar-refractivity contribution >= 4 is 46.0 Å². The molecule has 22 heavy (non-hydrogen) atoms. The Hall–Kier alpha value is -2.03. The molecule has 0 atom stereocenters. The van der Waals surface area contributed by atoms with Gasteiger partial charge in [0.25, 0.3) is 0 Å².